The van der Waals surface area contributed by atoms with Crippen molar-refractivity contribution >= 4 is 11.9 Å². The summed E-state index contributed by atoms with van der Waals surface area (Å²) in [6, 6.07) is 8.88. The Balaban J connectivity index is 2.01. The average molecular weight is 268 g/mol. The van der Waals surface area contributed by atoms with Crippen LogP contribution in [0.5, 0.6) is 17.2 Å². The second-order valence-corrected chi connectivity index (χ2v) is 4.76. The van der Waals surface area contributed by atoms with E-state index in [1.807, 2.05) is 0 Å². The van der Waals surface area contributed by atoms with Crippen LogP contribution < -0.4 is 0 Å². The van der Waals surface area contributed by atoms with Gasteiger partial charge in [-0.3, -0.25) is 4.79 Å². The van der Waals surface area contributed by atoms with Crippen LogP contribution in [0, 0.1) is 0 Å². The van der Waals surface area contributed by atoms with Gasteiger partial charge in [-0.25, -0.2) is 0 Å². The van der Waals surface area contributed by atoms with Gasteiger partial charge in [0.25, 0.3) is 0 Å². The Bertz CT molecular complexity index is 744. The van der Waals surface area contributed by atoms with E-state index in [-0.39, 0.29) is 23.0 Å². The van der Waals surface area contributed by atoms with E-state index in [2.05, 4.69) is 0 Å². The average Bonchev–Trinajstić information content (AvgIpc) is 2.69. The summed E-state index contributed by atoms with van der Waals surface area (Å²) in [5, 5.41) is 28.4. The van der Waals surface area contributed by atoms with Crippen LogP contribution in [0.1, 0.15) is 21.5 Å². The number of benzene rings is 2. The smallest absolute Gasteiger partial charge is 0.189 e. The Hall–Kier alpha value is -2.75. The van der Waals surface area contributed by atoms with Crippen molar-refractivity contribution in [3.05, 3.63) is 58.7 Å². The van der Waals surface area contributed by atoms with Crippen LogP contribution in [0.4, 0.5) is 0 Å². The fraction of sp³-hybridized carbons (Fsp3) is 0.0625. The third-order valence-corrected chi connectivity index (χ3v) is 3.35. The lowest BCUT2D eigenvalue weighted by molar-refractivity contribution is 0.104. The minimum absolute atomic E-state index is 0.0318. The molecule has 1 aliphatic rings. The lowest BCUT2D eigenvalue weighted by atomic mass is 10.1. The zero-order valence-corrected chi connectivity index (χ0v) is 10.5. The Morgan fingerprint density at radius 2 is 1.65 bits per heavy atom. The summed E-state index contributed by atoms with van der Waals surface area (Å²) in [5.74, 6) is -0.0857. The monoisotopic (exact) mass is 268 g/mol. The van der Waals surface area contributed by atoms with Crippen molar-refractivity contribution in [2.24, 2.45) is 0 Å². The van der Waals surface area contributed by atoms with E-state index in [1.54, 1.807) is 24.3 Å². The van der Waals surface area contributed by atoms with Gasteiger partial charge in [-0.2, -0.15) is 0 Å². The Morgan fingerprint density at radius 3 is 2.40 bits per heavy atom. The SMILES string of the molecule is O=C1/C(=C/c2ccc(O)cc2O)Cc2cc(O)ccc21. The molecule has 1 aliphatic carbocycles. The van der Waals surface area contributed by atoms with Crippen molar-refractivity contribution in [1.29, 1.82) is 0 Å². The molecule has 0 aromatic heterocycles. The summed E-state index contributed by atoms with van der Waals surface area (Å²) < 4.78 is 0. The van der Waals surface area contributed by atoms with E-state index in [4.69, 9.17) is 0 Å². The quantitative estimate of drug-likeness (QED) is 0.695. The summed E-state index contributed by atoms with van der Waals surface area (Å²) in [6.07, 6.45) is 2.02. The molecule has 100 valence electrons. The molecule has 3 rings (SSSR count). The minimum atomic E-state index is -0.104. The topological polar surface area (TPSA) is 77.8 Å². The highest BCUT2D eigenvalue weighted by Crippen LogP contribution is 2.32. The number of allylic oxidation sites excluding steroid dienone is 1. The number of ketones is 1. The van der Waals surface area contributed by atoms with Crippen molar-refractivity contribution in [2.45, 2.75) is 6.42 Å². The summed E-state index contributed by atoms with van der Waals surface area (Å²) in [7, 11) is 0. The molecule has 0 heterocycles. The molecule has 0 spiro atoms. The predicted octanol–water partition coefficient (Wildman–Crippen LogP) is 2.63. The molecule has 4 heteroatoms. The van der Waals surface area contributed by atoms with Gasteiger partial charge in [0.05, 0.1) is 0 Å². The molecule has 0 radical (unpaired) electrons. The van der Waals surface area contributed by atoms with Crippen LogP contribution in [-0.4, -0.2) is 21.1 Å². The first-order chi connectivity index (χ1) is 9.54. The zero-order valence-electron chi connectivity index (χ0n) is 10.5. The number of fused-ring (bicyclic) bond motifs is 1. The van der Waals surface area contributed by atoms with Gasteiger partial charge in [-0.1, -0.05) is 0 Å². The third-order valence-electron chi connectivity index (χ3n) is 3.35. The number of hydrogen-bond donors (Lipinski definition) is 3. The van der Waals surface area contributed by atoms with Gasteiger partial charge in [0.2, 0.25) is 0 Å². The normalized spacial score (nSPS) is 15.6. The van der Waals surface area contributed by atoms with E-state index < -0.39 is 0 Å². The molecule has 4 nitrogen and oxygen atoms in total. The highest BCUT2D eigenvalue weighted by atomic mass is 16.3. The molecule has 20 heavy (non-hydrogen) atoms. The molecule has 0 saturated heterocycles. The number of Topliss-reactive ketones (excluding diaryl/α,β-unsaturated/α-hetero) is 1. The highest BCUT2D eigenvalue weighted by molar-refractivity contribution is 6.15. The predicted molar refractivity (Wildman–Crippen MR) is 73.9 cm³/mol. The largest absolute Gasteiger partial charge is 0.508 e. The van der Waals surface area contributed by atoms with Gasteiger partial charge in [0, 0.05) is 29.2 Å². The van der Waals surface area contributed by atoms with Crippen molar-refractivity contribution in [1.82, 2.24) is 0 Å². The minimum Gasteiger partial charge on any atom is -0.508 e. The summed E-state index contributed by atoms with van der Waals surface area (Å²) in [5.41, 5.74) is 2.38. The third kappa shape index (κ3) is 2.01. The van der Waals surface area contributed by atoms with Gasteiger partial charge in [-0.05, 0) is 42.0 Å². The molecule has 0 fully saturated rings. The Labute approximate surface area is 115 Å². The lowest BCUT2D eigenvalue weighted by Gasteiger charge is -2.01. The lowest BCUT2D eigenvalue weighted by Crippen LogP contribution is -1.95. The molecule has 3 N–H and O–H groups in total. The van der Waals surface area contributed by atoms with Gasteiger partial charge >= 0.3 is 0 Å². The van der Waals surface area contributed by atoms with Crippen molar-refractivity contribution in [3.8, 4) is 17.2 Å². The molecular weight excluding hydrogens is 256 g/mol. The van der Waals surface area contributed by atoms with E-state index in [0.29, 0.717) is 23.1 Å². The van der Waals surface area contributed by atoms with Gasteiger partial charge < -0.3 is 15.3 Å². The van der Waals surface area contributed by atoms with Crippen LogP contribution >= 0.6 is 0 Å². The number of hydrogen-bond acceptors (Lipinski definition) is 4. The molecule has 0 saturated carbocycles. The van der Waals surface area contributed by atoms with Crippen LogP contribution in [0.3, 0.4) is 0 Å². The Morgan fingerprint density at radius 1 is 0.950 bits per heavy atom. The van der Waals surface area contributed by atoms with Crippen molar-refractivity contribution in [2.75, 3.05) is 0 Å². The van der Waals surface area contributed by atoms with E-state index in [0.717, 1.165) is 5.56 Å². The molecule has 0 unspecified atom stereocenters. The van der Waals surface area contributed by atoms with E-state index in [1.165, 1.54) is 18.2 Å². The van der Waals surface area contributed by atoms with Crippen LogP contribution in [-0.2, 0) is 6.42 Å². The van der Waals surface area contributed by atoms with Gasteiger partial charge in [-0.15, -0.1) is 0 Å². The fourth-order valence-corrected chi connectivity index (χ4v) is 2.36. The molecule has 0 aliphatic heterocycles. The first kappa shape index (κ1) is 12.3. The van der Waals surface area contributed by atoms with Crippen LogP contribution in [0.25, 0.3) is 6.08 Å². The van der Waals surface area contributed by atoms with E-state index >= 15 is 0 Å². The number of phenols is 3. The molecule has 0 atom stereocenters. The Kier molecular flexibility index (Phi) is 2.71. The highest BCUT2D eigenvalue weighted by Gasteiger charge is 2.25. The maximum absolute atomic E-state index is 12.2. The maximum Gasteiger partial charge on any atom is 0.189 e. The standard InChI is InChI=1S/C16H12O4/c17-12-3-4-14-10(7-12)6-11(16(14)20)5-9-1-2-13(18)8-15(9)19/h1-5,7-8,17-19H,6H2/b11-5+. The first-order valence-corrected chi connectivity index (χ1v) is 6.14. The number of carbonyl (C=O) groups is 1. The van der Waals surface area contributed by atoms with Gasteiger partial charge in [0.1, 0.15) is 17.2 Å². The molecule has 2 aromatic carbocycles. The number of carbonyl (C=O) groups excluding carboxylic acids is 1. The maximum atomic E-state index is 12.2. The van der Waals surface area contributed by atoms with Crippen molar-refractivity contribution < 1.29 is 20.1 Å². The number of rotatable bonds is 1. The van der Waals surface area contributed by atoms with Crippen molar-refractivity contribution in [3.63, 3.8) is 0 Å². The fourth-order valence-electron chi connectivity index (χ4n) is 2.36. The first-order valence-electron chi connectivity index (χ1n) is 6.14. The molecular formula is C16H12O4. The molecule has 0 amide bonds. The van der Waals surface area contributed by atoms with E-state index in [9.17, 15) is 20.1 Å². The molecule has 2 aromatic rings. The second kappa shape index (κ2) is 4.42. The van der Waals surface area contributed by atoms with Gasteiger partial charge in [0.15, 0.2) is 5.78 Å². The summed E-state index contributed by atoms with van der Waals surface area (Å²) in [4.78, 5) is 12.2. The summed E-state index contributed by atoms with van der Waals surface area (Å²) in [6.45, 7) is 0. The zero-order chi connectivity index (χ0) is 14.3. The summed E-state index contributed by atoms with van der Waals surface area (Å²) >= 11 is 0. The van der Waals surface area contributed by atoms with Crippen LogP contribution in [0.2, 0.25) is 0 Å². The number of phenolic OH excluding ortho intramolecular Hbond substituents is 3. The second-order valence-electron chi connectivity index (χ2n) is 4.76. The number of aromatic hydroxyl groups is 3. The van der Waals surface area contributed by atoms with Crippen LogP contribution in [0.15, 0.2) is 42.0 Å². The molecule has 0 bridgehead atoms.